The second-order valence-corrected chi connectivity index (χ2v) is 8.73. The van der Waals surface area contributed by atoms with Crippen LogP contribution in [0.3, 0.4) is 0 Å². The van der Waals surface area contributed by atoms with Crippen LogP contribution in [0.15, 0.2) is 36.4 Å². The summed E-state index contributed by atoms with van der Waals surface area (Å²) in [6.07, 6.45) is 0. The molecular formula is C20H24Br2N2O2Ti. The first-order valence-electron chi connectivity index (χ1n) is 8.19. The second kappa shape index (κ2) is 11.2. The van der Waals surface area contributed by atoms with Gasteiger partial charge in [-0.25, -0.2) is 0 Å². The molecule has 27 heavy (non-hydrogen) atoms. The van der Waals surface area contributed by atoms with Crippen molar-refractivity contribution in [3.8, 4) is 0 Å². The Balaban J connectivity index is 0.00000338. The maximum atomic E-state index is 12.8. The molecule has 0 unspecified atom stereocenters. The summed E-state index contributed by atoms with van der Waals surface area (Å²) >= 11 is -1.07. The summed E-state index contributed by atoms with van der Waals surface area (Å²) in [4.78, 5) is 25.5. The van der Waals surface area contributed by atoms with Crippen LogP contribution in [0.5, 0.6) is 0 Å². The number of carbonyl (C=O) groups is 2. The molecule has 2 aromatic rings. The van der Waals surface area contributed by atoms with Crippen molar-refractivity contribution in [2.24, 2.45) is 0 Å². The summed E-state index contributed by atoms with van der Waals surface area (Å²) in [5.41, 5.74) is 5.60. The smallest absolute Gasteiger partial charge is 1.00 e. The van der Waals surface area contributed by atoms with Crippen molar-refractivity contribution >= 4 is 11.8 Å². The summed E-state index contributed by atoms with van der Waals surface area (Å²) in [7, 11) is 3.55. The number of benzene rings is 2. The molecule has 4 nitrogen and oxygen atoms in total. The number of hydrogen-bond donors (Lipinski definition) is 0. The molecule has 0 aliphatic carbocycles. The fourth-order valence-electron chi connectivity index (χ4n) is 2.64. The Hall–Kier alpha value is -0.946. The molecule has 2 amide bonds. The molecule has 0 aliphatic rings. The molecule has 0 bridgehead atoms. The summed E-state index contributed by atoms with van der Waals surface area (Å²) in [5, 5.41) is 0. The van der Waals surface area contributed by atoms with Gasteiger partial charge in [0, 0.05) is 0 Å². The number of carbonyl (C=O) groups excluding carboxylic acids is 2. The molecule has 0 spiro atoms. The van der Waals surface area contributed by atoms with Gasteiger partial charge in [-0.3, -0.25) is 0 Å². The van der Waals surface area contributed by atoms with Gasteiger partial charge < -0.3 is 34.0 Å². The predicted octanol–water partition coefficient (Wildman–Crippen LogP) is -2.32. The summed E-state index contributed by atoms with van der Waals surface area (Å²) in [6.45, 7) is 7.92. The summed E-state index contributed by atoms with van der Waals surface area (Å²) < 4.78 is 3.40. The number of nitrogens with zero attached hydrogens (tertiary/aromatic N) is 2. The minimum Gasteiger partial charge on any atom is -1.00 e. The number of aryl methyl sites for hydroxylation is 2. The first-order chi connectivity index (χ1) is 11.7. The average molecular weight is 532 g/mol. The zero-order chi connectivity index (χ0) is 18.7. The molecule has 0 saturated carbocycles. The van der Waals surface area contributed by atoms with E-state index in [1.807, 2.05) is 64.1 Å². The van der Waals surface area contributed by atoms with Crippen molar-refractivity contribution < 1.29 is 63.2 Å². The van der Waals surface area contributed by atoms with Crippen LogP contribution < -0.4 is 34.0 Å². The van der Waals surface area contributed by atoms with Gasteiger partial charge in [0.15, 0.2) is 0 Å². The SMILES string of the molecule is Cc1cccc(C(=O)[N](C)[Ti+2][N](C)C(=O)c2cccc(C)c2C)c1C.[Br-].[Br-]. The van der Waals surface area contributed by atoms with Crippen LogP contribution in [0.25, 0.3) is 0 Å². The molecule has 0 aromatic heterocycles. The first-order valence-corrected chi connectivity index (χ1v) is 9.58. The Morgan fingerprint density at radius 3 is 1.37 bits per heavy atom. The maximum absolute atomic E-state index is 12.8. The minimum absolute atomic E-state index is 0. The molecule has 0 atom stereocenters. The van der Waals surface area contributed by atoms with Crippen LogP contribution in [0, 0.1) is 27.7 Å². The van der Waals surface area contributed by atoms with Crippen LogP contribution in [0.2, 0.25) is 0 Å². The van der Waals surface area contributed by atoms with Gasteiger partial charge in [0.25, 0.3) is 0 Å². The van der Waals surface area contributed by atoms with Crippen LogP contribution >= 0.6 is 0 Å². The van der Waals surface area contributed by atoms with E-state index < -0.39 is 19.7 Å². The zero-order valence-electron chi connectivity index (χ0n) is 16.4. The van der Waals surface area contributed by atoms with Gasteiger partial charge >= 0.3 is 159 Å². The fourth-order valence-corrected chi connectivity index (χ4v) is 4.01. The van der Waals surface area contributed by atoms with Crippen LogP contribution in [-0.2, 0) is 19.7 Å². The Labute approximate surface area is 192 Å². The van der Waals surface area contributed by atoms with Gasteiger partial charge in [0.05, 0.1) is 0 Å². The van der Waals surface area contributed by atoms with E-state index in [4.69, 9.17) is 0 Å². The van der Waals surface area contributed by atoms with Gasteiger partial charge in [-0.05, 0) is 0 Å². The van der Waals surface area contributed by atoms with E-state index in [0.717, 1.165) is 22.3 Å². The normalized spacial score (nSPS) is 9.41. The minimum atomic E-state index is -1.07. The molecule has 7 heteroatoms. The van der Waals surface area contributed by atoms with Crippen molar-refractivity contribution in [2.45, 2.75) is 27.7 Å². The van der Waals surface area contributed by atoms with E-state index in [0.29, 0.717) is 11.1 Å². The predicted molar refractivity (Wildman–Crippen MR) is 96.0 cm³/mol. The Bertz CT molecular complexity index is 760. The van der Waals surface area contributed by atoms with Gasteiger partial charge in [-0.15, -0.1) is 0 Å². The molecule has 0 fully saturated rings. The number of amides is 2. The van der Waals surface area contributed by atoms with Crippen molar-refractivity contribution in [1.29, 1.82) is 0 Å². The Kier molecular flexibility index (Phi) is 10.8. The van der Waals surface area contributed by atoms with Crippen molar-refractivity contribution in [2.75, 3.05) is 14.1 Å². The quantitative estimate of drug-likeness (QED) is 0.416. The van der Waals surface area contributed by atoms with Crippen molar-refractivity contribution in [3.63, 3.8) is 0 Å². The molecule has 0 heterocycles. The average Bonchev–Trinajstić information content (AvgIpc) is 2.58. The third-order valence-electron chi connectivity index (χ3n) is 4.58. The van der Waals surface area contributed by atoms with E-state index in [1.54, 1.807) is 20.9 Å². The molecule has 0 saturated heterocycles. The second-order valence-electron chi connectivity index (χ2n) is 6.32. The number of rotatable bonds is 4. The van der Waals surface area contributed by atoms with E-state index in [1.165, 1.54) is 0 Å². The molecular weight excluding hydrogens is 508 g/mol. The topological polar surface area (TPSA) is 40.6 Å². The van der Waals surface area contributed by atoms with Gasteiger partial charge in [-0.2, -0.15) is 0 Å². The molecule has 0 radical (unpaired) electrons. The number of hydrogen-bond acceptors (Lipinski definition) is 2. The van der Waals surface area contributed by atoms with E-state index >= 15 is 0 Å². The zero-order valence-corrected chi connectivity index (χ0v) is 21.2. The van der Waals surface area contributed by atoms with Gasteiger partial charge in [0.1, 0.15) is 0 Å². The largest absolute Gasteiger partial charge is 1.00 e. The standard InChI is InChI=1S/2C10H13NO.2BrH.Ti/c2*1-7-5-4-6-9(8(7)2)10(12)11-3;;;/h2*4-6H,1-3H3,(H,11,12);2*1H;/q;;;;+4/p-4. The van der Waals surface area contributed by atoms with Gasteiger partial charge in [-0.1, -0.05) is 0 Å². The third-order valence-corrected chi connectivity index (χ3v) is 6.15. The molecule has 0 N–H and O–H groups in total. The third kappa shape index (κ3) is 6.01. The van der Waals surface area contributed by atoms with Crippen LogP contribution in [0.4, 0.5) is 0 Å². The Morgan fingerprint density at radius 1 is 0.704 bits per heavy atom. The maximum Gasteiger partial charge on any atom is -1.00 e. The van der Waals surface area contributed by atoms with Crippen LogP contribution in [-0.4, -0.2) is 32.7 Å². The molecule has 2 aromatic carbocycles. The van der Waals surface area contributed by atoms with Crippen LogP contribution in [0.1, 0.15) is 43.0 Å². The summed E-state index contributed by atoms with van der Waals surface area (Å²) in [5.74, 6) is -0.0522. The molecule has 2 rings (SSSR count). The van der Waals surface area contributed by atoms with Gasteiger partial charge in [0.2, 0.25) is 0 Å². The number of halogens is 2. The first kappa shape index (κ1) is 26.1. The van der Waals surface area contributed by atoms with Crippen molar-refractivity contribution in [1.82, 2.24) is 6.76 Å². The molecule has 0 aliphatic heterocycles. The van der Waals surface area contributed by atoms with Crippen molar-refractivity contribution in [3.05, 3.63) is 69.8 Å². The van der Waals surface area contributed by atoms with E-state index in [2.05, 4.69) is 0 Å². The fraction of sp³-hybridized carbons (Fsp3) is 0.300. The van der Waals surface area contributed by atoms with E-state index in [-0.39, 0.29) is 45.8 Å². The summed E-state index contributed by atoms with van der Waals surface area (Å²) in [6, 6.07) is 11.5. The Morgan fingerprint density at radius 2 is 1.04 bits per heavy atom. The molecule has 144 valence electrons. The monoisotopic (exact) mass is 530 g/mol. The van der Waals surface area contributed by atoms with E-state index in [9.17, 15) is 9.59 Å².